The third-order valence-corrected chi connectivity index (χ3v) is 5.95. The van der Waals surface area contributed by atoms with Crippen molar-refractivity contribution in [3.8, 4) is 0 Å². The number of anilines is 1. The number of hydrogen-bond donors (Lipinski definition) is 2. The molecule has 0 aromatic heterocycles. The summed E-state index contributed by atoms with van der Waals surface area (Å²) in [6.07, 6.45) is 1.07. The Balaban J connectivity index is 2.16. The highest BCUT2D eigenvalue weighted by molar-refractivity contribution is 7.89. The number of hydrogen-bond acceptors (Lipinski definition) is 4. The fourth-order valence-electron chi connectivity index (χ4n) is 1.96. The van der Waals surface area contributed by atoms with Gasteiger partial charge in [0.05, 0.1) is 5.69 Å². The van der Waals surface area contributed by atoms with E-state index in [-0.39, 0.29) is 16.6 Å². The average molecular weight is 306 g/mol. The molecule has 106 valence electrons. The van der Waals surface area contributed by atoms with Gasteiger partial charge in [-0.25, -0.2) is 17.5 Å². The van der Waals surface area contributed by atoms with E-state index in [9.17, 15) is 17.0 Å². The molecule has 5 nitrogen and oxygen atoms in total. The zero-order valence-corrected chi connectivity index (χ0v) is 11.8. The van der Waals surface area contributed by atoms with Crippen molar-refractivity contribution >= 4 is 26.5 Å². The summed E-state index contributed by atoms with van der Waals surface area (Å²) < 4.78 is 50.9. The first-order chi connectivity index (χ1) is 8.88. The van der Waals surface area contributed by atoms with Gasteiger partial charge in [-0.2, -0.15) is 0 Å². The summed E-state index contributed by atoms with van der Waals surface area (Å²) in [5.74, 6) is 0.405. The number of benzene rings is 1. The van der Waals surface area contributed by atoms with E-state index in [1.54, 1.807) is 0 Å². The Kier molecular flexibility index (Phi) is 4.22. The summed E-state index contributed by atoms with van der Waals surface area (Å²) in [7, 11) is -4.62. The van der Waals surface area contributed by atoms with E-state index in [0.717, 1.165) is 18.2 Å². The van der Waals surface area contributed by atoms with Gasteiger partial charge in [-0.3, -0.25) is 4.21 Å². The lowest BCUT2D eigenvalue weighted by Gasteiger charge is -2.22. The van der Waals surface area contributed by atoms with Crippen LogP contribution in [0.1, 0.15) is 12.8 Å². The maximum Gasteiger partial charge on any atom is 0.242 e. The summed E-state index contributed by atoms with van der Waals surface area (Å²) in [6.45, 7) is 0. The Hall–Kier alpha value is -0.990. The highest BCUT2D eigenvalue weighted by atomic mass is 32.2. The number of nitrogens with two attached hydrogens (primary N) is 1. The molecule has 2 rings (SSSR count). The number of nitrogen functional groups attached to an aromatic ring is 1. The minimum Gasteiger partial charge on any atom is -0.398 e. The molecule has 0 bridgehead atoms. The van der Waals surface area contributed by atoms with E-state index in [1.165, 1.54) is 0 Å². The largest absolute Gasteiger partial charge is 0.398 e. The normalized spacial score (nSPS) is 24.3. The zero-order chi connectivity index (χ0) is 14.0. The van der Waals surface area contributed by atoms with Crippen LogP contribution in [0.25, 0.3) is 0 Å². The molecule has 1 aromatic rings. The molecule has 1 aliphatic heterocycles. The average Bonchev–Trinajstić information content (AvgIpc) is 2.31. The predicted molar refractivity (Wildman–Crippen MR) is 72.0 cm³/mol. The van der Waals surface area contributed by atoms with Gasteiger partial charge < -0.3 is 5.73 Å². The Bertz CT molecular complexity index is 594. The Labute approximate surface area is 113 Å². The van der Waals surface area contributed by atoms with Crippen molar-refractivity contribution in [1.82, 2.24) is 4.72 Å². The van der Waals surface area contributed by atoms with Gasteiger partial charge in [0.2, 0.25) is 10.0 Å². The van der Waals surface area contributed by atoms with Crippen molar-refractivity contribution < 1.29 is 17.0 Å². The Morgan fingerprint density at radius 2 is 1.95 bits per heavy atom. The molecule has 0 radical (unpaired) electrons. The van der Waals surface area contributed by atoms with Crippen molar-refractivity contribution in [1.29, 1.82) is 0 Å². The molecular weight excluding hydrogens is 291 g/mol. The second-order valence-corrected chi connectivity index (χ2v) is 7.80. The fraction of sp³-hybridized carbons (Fsp3) is 0.455. The van der Waals surface area contributed by atoms with E-state index in [2.05, 4.69) is 4.72 Å². The quantitative estimate of drug-likeness (QED) is 0.800. The molecule has 3 N–H and O–H groups in total. The summed E-state index contributed by atoms with van der Waals surface area (Å²) in [6, 6.07) is 2.94. The van der Waals surface area contributed by atoms with Gasteiger partial charge in [0, 0.05) is 28.3 Å². The summed E-state index contributed by atoms with van der Waals surface area (Å²) >= 11 is 0. The Morgan fingerprint density at radius 1 is 1.32 bits per heavy atom. The first kappa shape index (κ1) is 14.4. The van der Waals surface area contributed by atoms with E-state index < -0.39 is 26.6 Å². The smallest absolute Gasteiger partial charge is 0.242 e. The predicted octanol–water partition coefficient (Wildman–Crippen LogP) is 0.597. The van der Waals surface area contributed by atoms with Crippen molar-refractivity contribution in [3.05, 3.63) is 24.0 Å². The molecule has 8 heteroatoms. The topological polar surface area (TPSA) is 89.3 Å². The molecule has 0 unspecified atom stereocenters. The summed E-state index contributed by atoms with van der Waals surface area (Å²) in [5, 5.41) is 0. The van der Waals surface area contributed by atoms with Crippen molar-refractivity contribution in [3.63, 3.8) is 0 Å². The SMILES string of the molecule is Nc1cc(F)ccc1S(=O)(=O)NC1CCS(=O)CC1. The molecule has 1 fully saturated rings. The zero-order valence-electron chi connectivity index (χ0n) is 10.1. The molecule has 0 saturated carbocycles. The van der Waals surface area contributed by atoms with Gasteiger partial charge in [0.15, 0.2) is 0 Å². The van der Waals surface area contributed by atoms with Crippen LogP contribution >= 0.6 is 0 Å². The van der Waals surface area contributed by atoms with Crippen molar-refractivity contribution in [2.24, 2.45) is 0 Å². The molecule has 0 atom stereocenters. The minimum atomic E-state index is -3.77. The monoisotopic (exact) mass is 306 g/mol. The summed E-state index contributed by atoms with van der Waals surface area (Å²) in [4.78, 5) is -0.124. The number of halogens is 1. The standard InChI is InChI=1S/C11H15FN2O3S2/c12-8-1-2-11(10(13)7-8)19(16,17)14-9-3-5-18(15)6-4-9/h1-2,7,9,14H,3-6,13H2. The molecule has 19 heavy (non-hydrogen) atoms. The van der Waals surface area contributed by atoms with Crippen LogP contribution in [0.15, 0.2) is 23.1 Å². The minimum absolute atomic E-state index is 0.119. The van der Waals surface area contributed by atoms with Crippen LogP contribution in [-0.2, 0) is 20.8 Å². The third kappa shape index (κ3) is 3.52. The number of nitrogens with one attached hydrogen (secondary N) is 1. The van der Waals surface area contributed by atoms with Gasteiger partial charge in [-0.1, -0.05) is 0 Å². The highest BCUT2D eigenvalue weighted by Crippen LogP contribution is 2.20. The second-order valence-electron chi connectivity index (χ2n) is 4.43. The first-order valence-corrected chi connectivity index (χ1v) is 8.78. The van der Waals surface area contributed by atoms with Gasteiger partial charge in [-0.05, 0) is 31.0 Å². The third-order valence-electron chi connectivity index (χ3n) is 2.97. The Morgan fingerprint density at radius 3 is 2.53 bits per heavy atom. The molecular formula is C11H15FN2O3S2. The lowest BCUT2D eigenvalue weighted by atomic mass is 10.2. The van der Waals surface area contributed by atoms with Crippen LogP contribution in [0.2, 0.25) is 0 Å². The van der Waals surface area contributed by atoms with Gasteiger partial charge in [0.1, 0.15) is 10.7 Å². The van der Waals surface area contributed by atoms with Gasteiger partial charge in [0.25, 0.3) is 0 Å². The van der Waals surface area contributed by atoms with E-state index in [4.69, 9.17) is 5.73 Å². The van der Waals surface area contributed by atoms with Crippen molar-refractivity contribution in [2.75, 3.05) is 17.2 Å². The molecule has 0 amide bonds. The van der Waals surface area contributed by atoms with Crippen LogP contribution < -0.4 is 10.5 Å². The lowest BCUT2D eigenvalue weighted by molar-refractivity contribution is 0.522. The summed E-state index contributed by atoms with van der Waals surface area (Å²) in [5.41, 5.74) is 5.41. The molecule has 1 heterocycles. The van der Waals surface area contributed by atoms with Crippen LogP contribution in [0, 0.1) is 5.82 Å². The number of sulfonamides is 1. The molecule has 1 aromatic carbocycles. The van der Waals surface area contributed by atoms with Crippen molar-refractivity contribution in [2.45, 2.75) is 23.8 Å². The fourth-order valence-corrected chi connectivity index (χ4v) is 4.68. The van der Waals surface area contributed by atoms with Crippen LogP contribution in [-0.4, -0.2) is 30.2 Å². The molecule has 1 aliphatic rings. The maximum atomic E-state index is 12.9. The van der Waals surface area contributed by atoms with Crippen LogP contribution in [0.4, 0.5) is 10.1 Å². The first-order valence-electron chi connectivity index (χ1n) is 5.81. The van der Waals surface area contributed by atoms with Gasteiger partial charge in [-0.15, -0.1) is 0 Å². The second kappa shape index (κ2) is 5.56. The highest BCUT2D eigenvalue weighted by Gasteiger charge is 2.25. The van der Waals surface area contributed by atoms with E-state index in [0.29, 0.717) is 24.3 Å². The van der Waals surface area contributed by atoms with E-state index >= 15 is 0 Å². The van der Waals surface area contributed by atoms with E-state index in [1.807, 2.05) is 0 Å². The molecule has 0 spiro atoms. The van der Waals surface area contributed by atoms with Crippen LogP contribution in [0.3, 0.4) is 0 Å². The number of rotatable bonds is 3. The van der Waals surface area contributed by atoms with Crippen LogP contribution in [0.5, 0.6) is 0 Å². The molecule has 1 saturated heterocycles. The molecule has 0 aliphatic carbocycles. The van der Waals surface area contributed by atoms with Gasteiger partial charge >= 0.3 is 0 Å². The maximum absolute atomic E-state index is 12.9. The lowest BCUT2D eigenvalue weighted by Crippen LogP contribution is -2.39.